The first kappa shape index (κ1) is 18.0. The number of halogens is 1. The van der Waals surface area contributed by atoms with Gasteiger partial charge in [-0.2, -0.15) is 0 Å². The topological polar surface area (TPSA) is 0 Å². The highest BCUT2D eigenvalue weighted by atomic mass is 19.1. The zero-order valence-electron chi connectivity index (χ0n) is 14.7. The van der Waals surface area contributed by atoms with E-state index >= 15 is 0 Å². The highest BCUT2D eigenvalue weighted by Crippen LogP contribution is 2.38. The molecule has 0 unspecified atom stereocenters. The van der Waals surface area contributed by atoms with Crippen LogP contribution in [0.2, 0.25) is 0 Å². The number of alkyl halides is 1. The summed E-state index contributed by atoms with van der Waals surface area (Å²) in [5, 5.41) is 0. The first-order chi connectivity index (χ1) is 10.8. The maximum Gasteiger partial charge on any atom is 0.108 e. The molecule has 0 nitrogen and oxygen atoms in total. The summed E-state index contributed by atoms with van der Waals surface area (Å²) in [5.41, 5.74) is 0. The summed E-state index contributed by atoms with van der Waals surface area (Å²) in [6, 6.07) is 0. The van der Waals surface area contributed by atoms with Crippen molar-refractivity contribution >= 4 is 0 Å². The lowest BCUT2D eigenvalue weighted by molar-refractivity contribution is 0.213. The Balaban J connectivity index is 1.55. The molecule has 0 aromatic rings. The predicted molar refractivity (Wildman–Crippen MR) is 94.8 cm³/mol. The summed E-state index contributed by atoms with van der Waals surface area (Å²) in [4.78, 5) is 0. The van der Waals surface area contributed by atoms with Crippen LogP contribution in [-0.2, 0) is 0 Å². The van der Waals surface area contributed by atoms with Crippen molar-refractivity contribution in [3.63, 3.8) is 0 Å². The third-order valence-corrected chi connectivity index (χ3v) is 6.34. The van der Waals surface area contributed by atoms with Crippen molar-refractivity contribution < 1.29 is 4.39 Å². The zero-order chi connectivity index (χ0) is 15.6. The van der Waals surface area contributed by atoms with Gasteiger partial charge in [0.25, 0.3) is 0 Å². The Morgan fingerprint density at radius 3 is 1.59 bits per heavy atom. The van der Waals surface area contributed by atoms with Crippen LogP contribution in [0, 0.1) is 23.7 Å². The van der Waals surface area contributed by atoms with Crippen LogP contribution in [0.4, 0.5) is 4.39 Å². The SMILES string of the molecule is CCCC1CCC(CCC2CCC(C/C=C/CF)CC2)CC1. The standard InChI is InChI=1S/C21H37F/c1-2-5-18-7-11-20(12-8-18)15-16-21-13-9-19(10-14-21)6-3-4-17-22/h3-4,18-21H,2,5-17H2,1H3/b4-3+. The largest absolute Gasteiger partial charge is 0.247 e. The molecule has 0 N–H and O–H groups in total. The molecular formula is C21H37F. The number of rotatable bonds is 8. The van der Waals surface area contributed by atoms with Gasteiger partial charge in [-0.15, -0.1) is 0 Å². The third kappa shape index (κ3) is 6.42. The normalized spacial score (nSPS) is 33.4. The molecule has 0 heterocycles. The van der Waals surface area contributed by atoms with Crippen molar-refractivity contribution in [3.05, 3.63) is 12.2 Å². The summed E-state index contributed by atoms with van der Waals surface area (Å²) < 4.78 is 12.1. The lowest BCUT2D eigenvalue weighted by Crippen LogP contribution is -2.18. The van der Waals surface area contributed by atoms with Gasteiger partial charge in [-0.25, -0.2) is 4.39 Å². The molecule has 0 atom stereocenters. The minimum atomic E-state index is -0.296. The summed E-state index contributed by atoms with van der Waals surface area (Å²) in [6.45, 7) is 2.03. The maximum absolute atomic E-state index is 12.1. The second kappa shape index (κ2) is 10.4. The van der Waals surface area contributed by atoms with E-state index in [1.165, 1.54) is 77.0 Å². The van der Waals surface area contributed by atoms with E-state index in [1.807, 2.05) is 0 Å². The molecule has 22 heavy (non-hydrogen) atoms. The average Bonchev–Trinajstić information content (AvgIpc) is 2.56. The fourth-order valence-corrected chi connectivity index (χ4v) is 4.80. The van der Waals surface area contributed by atoms with Crippen LogP contribution >= 0.6 is 0 Å². The van der Waals surface area contributed by atoms with E-state index in [0.717, 1.165) is 30.1 Å². The lowest BCUT2D eigenvalue weighted by Gasteiger charge is -2.31. The maximum atomic E-state index is 12.1. The van der Waals surface area contributed by atoms with E-state index in [1.54, 1.807) is 6.08 Å². The van der Waals surface area contributed by atoms with Crippen molar-refractivity contribution in [2.45, 2.75) is 90.4 Å². The molecule has 2 aliphatic carbocycles. The van der Waals surface area contributed by atoms with Gasteiger partial charge >= 0.3 is 0 Å². The molecule has 2 saturated carbocycles. The van der Waals surface area contributed by atoms with Gasteiger partial charge in [0.15, 0.2) is 0 Å². The molecule has 0 saturated heterocycles. The third-order valence-electron chi connectivity index (χ3n) is 6.34. The van der Waals surface area contributed by atoms with Gasteiger partial charge < -0.3 is 0 Å². The van der Waals surface area contributed by atoms with Crippen LogP contribution in [0.25, 0.3) is 0 Å². The van der Waals surface area contributed by atoms with E-state index in [0.29, 0.717) is 0 Å². The Kier molecular flexibility index (Phi) is 8.55. The van der Waals surface area contributed by atoms with Crippen LogP contribution in [0.5, 0.6) is 0 Å². The molecule has 0 spiro atoms. The summed E-state index contributed by atoms with van der Waals surface area (Å²) >= 11 is 0. The molecule has 1 heteroatoms. The fraction of sp³-hybridized carbons (Fsp3) is 0.905. The van der Waals surface area contributed by atoms with Crippen molar-refractivity contribution in [1.29, 1.82) is 0 Å². The van der Waals surface area contributed by atoms with Crippen LogP contribution in [0.3, 0.4) is 0 Å². The van der Waals surface area contributed by atoms with Crippen LogP contribution in [0.15, 0.2) is 12.2 Å². The van der Waals surface area contributed by atoms with Crippen molar-refractivity contribution in [2.24, 2.45) is 23.7 Å². The van der Waals surface area contributed by atoms with Crippen LogP contribution in [-0.4, -0.2) is 6.67 Å². The first-order valence-corrected chi connectivity index (χ1v) is 10.0. The molecular weight excluding hydrogens is 271 g/mol. The predicted octanol–water partition coefficient (Wildman–Crippen LogP) is 7.10. The molecule has 0 amide bonds. The second-order valence-electron chi connectivity index (χ2n) is 8.00. The lowest BCUT2D eigenvalue weighted by atomic mass is 9.74. The zero-order valence-corrected chi connectivity index (χ0v) is 14.7. The Labute approximate surface area is 138 Å². The van der Waals surface area contributed by atoms with Gasteiger partial charge in [0.2, 0.25) is 0 Å². The number of allylic oxidation sites excluding steroid dienone is 2. The summed E-state index contributed by atoms with van der Waals surface area (Å²) in [5.74, 6) is 3.92. The van der Waals surface area contributed by atoms with Crippen LogP contribution < -0.4 is 0 Å². The Hall–Kier alpha value is -0.330. The quantitative estimate of drug-likeness (QED) is 0.420. The minimum Gasteiger partial charge on any atom is -0.247 e. The van der Waals surface area contributed by atoms with E-state index < -0.39 is 0 Å². The van der Waals surface area contributed by atoms with E-state index in [4.69, 9.17) is 0 Å². The molecule has 0 aliphatic heterocycles. The van der Waals surface area contributed by atoms with Crippen molar-refractivity contribution in [3.8, 4) is 0 Å². The highest BCUT2D eigenvalue weighted by Gasteiger charge is 2.24. The van der Waals surface area contributed by atoms with Gasteiger partial charge in [-0.1, -0.05) is 83.3 Å². The monoisotopic (exact) mass is 308 g/mol. The van der Waals surface area contributed by atoms with Crippen LogP contribution in [0.1, 0.15) is 90.4 Å². The van der Waals surface area contributed by atoms with Gasteiger partial charge in [-0.3, -0.25) is 0 Å². The minimum absolute atomic E-state index is 0.296. The summed E-state index contributed by atoms with van der Waals surface area (Å²) in [6.07, 6.45) is 22.3. The Morgan fingerprint density at radius 2 is 1.14 bits per heavy atom. The first-order valence-electron chi connectivity index (χ1n) is 10.0. The average molecular weight is 309 g/mol. The number of hydrogen-bond donors (Lipinski definition) is 0. The van der Waals surface area contributed by atoms with Crippen molar-refractivity contribution in [2.75, 3.05) is 6.67 Å². The highest BCUT2D eigenvalue weighted by molar-refractivity contribution is 4.85. The molecule has 128 valence electrons. The molecule has 0 bridgehead atoms. The van der Waals surface area contributed by atoms with E-state index in [2.05, 4.69) is 13.0 Å². The fourth-order valence-electron chi connectivity index (χ4n) is 4.80. The molecule has 2 fully saturated rings. The number of hydrogen-bond acceptors (Lipinski definition) is 0. The molecule has 0 aromatic carbocycles. The van der Waals surface area contributed by atoms with E-state index in [-0.39, 0.29) is 6.67 Å². The summed E-state index contributed by atoms with van der Waals surface area (Å²) in [7, 11) is 0. The van der Waals surface area contributed by atoms with Gasteiger partial charge in [0.1, 0.15) is 6.67 Å². The van der Waals surface area contributed by atoms with E-state index in [9.17, 15) is 4.39 Å². The Morgan fingerprint density at radius 1 is 0.682 bits per heavy atom. The molecule has 2 rings (SSSR count). The second-order valence-corrected chi connectivity index (χ2v) is 8.00. The molecule has 0 aromatic heterocycles. The smallest absolute Gasteiger partial charge is 0.108 e. The molecule has 0 radical (unpaired) electrons. The van der Waals surface area contributed by atoms with Gasteiger partial charge in [0.05, 0.1) is 0 Å². The van der Waals surface area contributed by atoms with Gasteiger partial charge in [0, 0.05) is 0 Å². The van der Waals surface area contributed by atoms with Crippen molar-refractivity contribution in [1.82, 2.24) is 0 Å². The van der Waals surface area contributed by atoms with Gasteiger partial charge in [-0.05, 0) is 42.9 Å². The molecule has 2 aliphatic rings. The Bertz CT molecular complexity index is 293.